The van der Waals surface area contributed by atoms with Gasteiger partial charge < -0.3 is 10.2 Å². The van der Waals surface area contributed by atoms with Gasteiger partial charge in [-0.2, -0.15) is 0 Å². The molecule has 4 nitrogen and oxygen atoms in total. The van der Waals surface area contributed by atoms with Crippen molar-refractivity contribution in [1.82, 2.24) is 15.1 Å². The average Bonchev–Trinajstić information content (AvgIpc) is 2.44. The molecule has 0 aromatic heterocycles. The summed E-state index contributed by atoms with van der Waals surface area (Å²) in [7, 11) is 0. The molecule has 0 aromatic rings. The second-order valence-corrected chi connectivity index (χ2v) is 5.89. The Balaban J connectivity index is 2.44. The molecule has 1 rings (SSSR count). The number of hydrogen-bond donors (Lipinski definition) is 1. The van der Waals surface area contributed by atoms with Crippen molar-refractivity contribution in [1.29, 1.82) is 0 Å². The van der Waals surface area contributed by atoms with Crippen molar-refractivity contribution in [2.24, 2.45) is 5.92 Å². The molecule has 0 saturated carbocycles. The van der Waals surface area contributed by atoms with Gasteiger partial charge in [-0.05, 0) is 52.2 Å². The van der Waals surface area contributed by atoms with E-state index in [1.807, 2.05) is 18.7 Å². The van der Waals surface area contributed by atoms with E-state index in [2.05, 4.69) is 23.7 Å². The Morgan fingerprint density at radius 1 is 1.20 bits per heavy atom. The lowest BCUT2D eigenvalue weighted by molar-refractivity contribution is -0.132. The van der Waals surface area contributed by atoms with Gasteiger partial charge in [-0.1, -0.05) is 19.1 Å². The molecular weight excluding hydrogens is 250 g/mol. The maximum atomic E-state index is 12.4. The summed E-state index contributed by atoms with van der Waals surface area (Å²) in [5.74, 6) is 0.964. The predicted octanol–water partition coefficient (Wildman–Crippen LogP) is 1.73. The first kappa shape index (κ1) is 17.2. The van der Waals surface area contributed by atoms with Gasteiger partial charge in [0.1, 0.15) is 0 Å². The molecule has 116 valence electrons. The van der Waals surface area contributed by atoms with Crippen molar-refractivity contribution in [3.63, 3.8) is 0 Å². The van der Waals surface area contributed by atoms with Crippen molar-refractivity contribution in [3.8, 4) is 0 Å². The maximum absolute atomic E-state index is 12.4. The third-order valence-electron chi connectivity index (χ3n) is 3.98. The number of carbonyl (C=O) groups is 1. The Bertz CT molecular complexity index is 311. The fourth-order valence-corrected chi connectivity index (χ4v) is 2.73. The van der Waals surface area contributed by atoms with E-state index < -0.39 is 0 Å². The molecule has 1 amide bonds. The first-order valence-electron chi connectivity index (χ1n) is 7.92. The van der Waals surface area contributed by atoms with E-state index in [0.29, 0.717) is 13.1 Å². The number of hydrogen-bond acceptors (Lipinski definition) is 3. The number of rotatable bonds is 8. The summed E-state index contributed by atoms with van der Waals surface area (Å²) in [6.45, 7) is 16.3. The van der Waals surface area contributed by atoms with Crippen LogP contribution in [0.5, 0.6) is 0 Å². The highest BCUT2D eigenvalue weighted by Gasteiger charge is 2.20. The standard InChI is InChI=1S/C16H31N3O/c1-5-18(12-15-7-9-17-10-8-15)13-16(20)19(6-2)11-14(3)4/h15,17H,3,5-13H2,1-2,4H3. The van der Waals surface area contributed by atoms with Crippen LogP contribution < -0.4 is 5.32 Å². The number of nitrogens with one attached hydrogen (secondary N) is 1. The second-order valence-electron chi connectivity index (χ2n) is 5.89. The summed E-state index contributed by atoms with van der Waals surface area (Å²) in [6, 6.07) is 0. The van der Waals surface area contributed by atoms with E-state index in [9.17, 15) is 4.79 Å². The molecule has 0 unspecified atom stereocenters. The van der Waals surface area contributed by atoms with Gasteiger partial charge in [0, 0.05) is 19.6 Å². The Kier molecular flexibility index (Phi) is 7.85. The van der Waals surface area contributed by atoms with Gasteiger partial charge in [-0.25, -0.2) is 0 Å². The number of nitrogens with zero attached hydrogens (tertiary/aromatic N) is 2. The molecule has 1 saturated heterocycles. The largest absolute Gasteiger partial charge is 0.338 e. The predicted molar refractivity (Wildman–Crippen MR) is 84.8 cm³/mol. The highest BCUT2D eigenvalue weighted by Crippen LogP contribution is 2.13. The molecule has 0 spiro atoms. The fourth-order valence-electron chi connectivity index (χ4n) is 2.73. The van der Waals surface area contributed by atoms with Crippen LogP contribution in [-0.4, -0.2) is 61.5 Å². The van der Waals surface area contributed by atoms with Crippen LogP contribution in [0.3, 0.4) is 0 Å². The summed E-state index contributed by atoms with van der Waals surface area (Å²) >= 11 is 0. The third-order valence-corrected chi connectivity index (χ3v) is 3.98. The third kappa shape index (κ3) is 6.06. The Hall–Kier alpha value is -0.870. The highest BCUT2D eigenvalue weighted by atomic mass is 16.2. The monoisotopic (exact) mass is 281 g/mol. The Labute approximate surface area is 124 Å². The molecule has 4 heteroatoms. The maximum Gasteiger partial charge on any atom is 0.237 e. The van der Waals surface area contributed by atoms with Crippen LogP contribution in [0.15, 0.2) is 12.2 Å². The van der Waals surface area contributed by atoms with Crippen LogP contribution in [0.25, 0.3) is 0 Å². The first-order valence-corrected chi connectivity index (χ1v) is 7.92. The van der Waals surface area contributed by atoms with Crippen molar-refractivity contribution in [2.75, 3.05) is 45.8 Å². The van der Waals surface area contributed by atoms with Gasteiger partial charge in [0.2, 0.25) is 5.91 Å². The Morgan fingerprint density at radius 3 is 2.35 bits per heavy atom. The van der Waals surface area contributed by atoms with E-state index in [4.69, 9.17) is 0 Å². The number of piperidine rings is 1. The lowest BCUT2D eigenvalue weighted by Crippen LogP contribution is -2.43. The van der Waals surface area contributed by atoms with Crippen molar-refractivity contribution < 1.29 is 4.79 Å². The first-order chi connectivity index (χ1) is 9.56. The quantitative estimate of drug-likeness (QED) is 0.688. The zero-order chi connectivity index (χ0) is 15.0. The van der Waals surface area contributed by atoms with Crippen LogP contribution >= 0.6 is 0 Å². The van der Waals surface area contributed by atoms with E-state index >= 15 is 0 Å². The van der Waals surface area contributed by atoms with Gasteiger partial charge in [-0.15, -0.1) is 0 Å². The molecule has 0 aliphatic carbocycles. The minimum atomic E-state index is 0.228. The van der Waals surface area contributed by atoms with Crippen LogP contribution in [0.2, 0.25) is 0 Å². The van der Waals surface area contributed by atoms with Crippen molar-refractivity contribution in [2.45, 2.75) is 33.6 Å². The van der Waals surface area contributed by atoms with Crippen LogP contribution in [0, 0.1) is 5.92 Å². The number of amides is 1. The van der Waals surface area contributed by atoms with E-state index in [-0.39, 0.29) is 5.91 Å². The van der Waals surface area contributed by atoms with Crippen LogP contribution in [0.4, 0.5) is 0 Å². The lowest BCUT2D eigenvalue weighted by atomic mass is 9.97. The highest BCUT2D eigenvalue weighted by molar-refractivity contribution is 5.78. The van der Waals surface area contributed by atoms with E-state index in [1.54, 1.807) is 0 Å². The summed E-state index contributed by atoms with van der Waals surface area (Å²) in [4.78, 5) is 16.5. The summed E-state index contributed by atoms with van der Waals surface area (Å²) in [5, 5.41) is 3.39. The van der Waals surface area contributed by atoms with Crippen molar-refractivity contribution in [3.05, 3.63) is 12.2 Å². The molecule has 20 heavy (non-hydrogen) atoms. The average molecular weight is 281 g/mol. The number of carbonyl (C=O) groups excluding carboxylic acids is 1. The van der Waals surface area contributed by atoms with Gasteiger partial charge in [0.05, 0.1) is 6.54 Å². The molecular formula is C16H31N3O. The van der Waals surface area contributed by atoms with Crippen molar-refractivity contribution >= 4 is 5.91 Å². The van der Waals surface area contributed by atoms with Gasteiger partial charge in [-0.3, -0.25) is 9.69 Å². The van der Waals surface area contributed by atoms with Gasteiger partial charge in [0.25, 0.3) is 0 Å². The summed E-state index contributed by atoms with van der Waals surface area (Å²) < 4.78 is 0. The van der Waals surface area contributed by atoms with E-state index in [1.165, 1.54) is 12.8 Å². The molecule has 1 fully saturated rings. The lowest BCUT2D eigenvalue weighted by Gasteiger charge is -2.30. The molecule has 1 heterocycles. The minimum Gasteiger partial charge on any atom is -0.338 e. The minimum absolute atomic E-state index is 0.228. The van der Waals surface area contributed by atoms with Gasteiger partial charge in [0.15, 0.2) is 0 Å². The number of likely N-dealkylation sites (N-methyl/N-ethyl adjacent to an activating group) is 2. The summed E-state index contributed by atoms with van der Waals surface area (Å²) in [5.41, 5.74) is 1.04. The van der Waals surface area contributed by atoms with Gasteiger partial charge >= 0.3 is 0 Å². The molecule has 1 aliphatic rings. The molecule has 0 bridgehead atoms. The smallest absolute Gasteiger partial charge is 0.237 e. The normalized spacial score (nSPS) is 16.4. The second kappa shape index (κ2) is 9.14. The molecule has 0 radical (unpaired) electrons. The Morgan fingerprint density at radius 2 is 1.85 bits per heavy atom. The summed E-state index contributed by atoms with van der Waals surface area (Å²) in [6.07, 6.45) is 2.46. The van der Waals surface area contributed by atoms with E-state index in [0.717, 1.165) is 44.2 Å². The van der Waals surface area contributed by atoms with Crippen LogP contribution in [0.1, 0.15) is 33.6 Å². The molecule has 0 aromatic carbocycles. The zero-order valence-electron chi connectivity index (χ0n) is 13.5. The fraction of sp³-hybridized carbons (Fsp3) is 0.812. The molecule has 1 N–H and O–H groups in total. The zero-order valence-corrected chi connectivity index (χ0v) is 13.5. The topological polar surface area (TPSA) is 35.6 Å². The van der Waals surface area contributed by atoms with Crippen LogP contribution in [-0.2, 0) is 4.79 Å². The molecule has 0 atom stereocenters. The SMILES string of the molecule is C=C(C)CN(CC)C(=O)CN(CC)CC1CCNCC1. The molecule has 1 aliphatic heterocycles.